The van der Waals surface area contributed by atoms with Crippen LogP contribution < -0.4 is 0 Å². The third kappa shape index (κ3) is 7.31. The topological polar surface area (TPSA) is 37.3 Å². The lowest BCUT2D eigenvalue weighted by Gasteiger charge is -2.58. The number of hydrogen-bond donors (Lipinski definition) is 1. The molecule has 0 amide bonds. The number of carboxylic acid groups (broad SMARTS) is 1. The van der Waals surface area contributed by atoms with Crippen LogP contribution in [0, 0.1) is 22.2 Å². The van der Waals surface area contributed by atoms with Crippen molar-refractivity contribution in [2.75, 3.05) is 0 Å². The first-order valence-electron chi connectivity index (χ1n) is 16.8. The standard InChI is InChI=1S/C34H62O2/c1-3-5-7-9-11-16-22-32(30-20-14-12-15-21-30)26-28-33(29-27-32,23-17-10-8-6-4-2)34(31(35)36)24-18-13-19-25-34/h30H,3-29H2,1-2H3,(H,35,36). The van der Waals surface area contributed by atoms with Crippen LogP contribution in [-0.2, 0) is 4.79 Å². The molecule has 0 aromatic rings. The maximum absolute atomic E-state index is 13.1. The number of hydrogen-bond acceptors (Lipinski definition) is 1. The van der Waals surface area contributed by atoms with Crippen LogP contribution in [0.5, 0.6) is 0 Å². The average Bonchev–Trinajstić information content (AvgIpc) is 2.92. The molecule has 1 N–H and O–H groups in total. The SMILES string of the molecule is CCCCCCCCC1(C2CCCCC2)CCC(CCCCCCC)(C2(C(=O)O)CCCCC2)CC1. The molecular weight excluding hydrogens is 440 g/mol. The molecule has 0 aromatic carbocycles. The van der Waals surface area contributed by atoms with Gasteiger partial charge >= 0.3 is 5.97 Å². The predicted molar refractivity (Wildman–Crippen MR) is 154 cm³/mol. The van der Waals surface area contributed by atoms with Crippen LogP contribution in [0.4, 0.5) is 0 Å². The lowest BCUT2D eigenvalue weighted by molar-refractivity contribution is -0.171. The average molecular weight is 503 g/mol. The Morgan fingerprint density at radius 2 is 1.11 bits per heavy atom. The van der Waals surface area contributed by atoms with Crippen LogP contribution in [0.25, 0.3) is 0 Å². The summed E-state index contributed by atoms with van der Waals surface area (Å²) in [6, 6.07) is 0. The Balaban J connectivity index is 1.75. The quantitative estimate of drug-likeness (QED) is 0.213. The summed E-state index contributed by atoms with van der Waals surface area (Å²) in [7, 11) is 0. The number of carbonyl (C=O) groups is 1. The van der Waals surface area contributed by atoms with Gasteiger partial charge < -0.3 is 5.11 Å². The predicted octanol–water partition coefficient (Wildman–Crippen LogP) is 11.3. The van der Waals surface area contributed by atoms with Crippen LogP contribution in [0.15, 0.2) is 0 Å². The van der Waals surface area contributed by atoms with Crippen LogP contribution in [-0.4, -0.2) is 11.1 Å². The number of unbranched alkanes of at least 4 members (excludes halogenated alkanes) is 9. The molecule has 0 heterocycles. The highest BCUT2D eigenvalue weighted by Crippen LogP contribution is 2.64. The summed E-state index contributed by atoms with van der Waals surface area (Å²) in [6.45, 7) is 4.60. The maximum Gasteiger partial charge on any atom is 0.310 e. The molecule has 0 saturated heterocycles. The molecule has 3 saturated carbocycles. The van der Waals surface area contributed by atoms with E-state index in [4.69, 9.17) is 0 Å². The first kappa shape index (κ1) is 30.0. The van der Waals surface area contributed by atoms with Crippen LogP contribution in [0.3, 0.4) is 0 Å². The van der Waals surface area contributed by atoms with E-state index < -0.39 is 11.4 Å². The third-order valence-electron chi connectivity index (χ3n) is 11.6. The van der Waals surface area contributed by atoms with Crippen LogP contribution in [0.2, 0.25) is 0 Å². The Morgan fingerprint density at radius 1 is 0.611 bits per heavy atom. The van der Waals surface area contributed by atoms with Gasteiger partial charge in [0.15, 0.2) is 0 Å². The Morgan fingerprint density at radius 3 is 1.67 bits per heavy atom. The van der Waals surface area contributed by atoms with Gasteiger partial charge in [-0.15, -0.1) is 0 Å². The molecule has 3 fully saturated rings. The molecule has 2 heteroatoms. The van der Waals surface area contributed by atoms with Gasteiger partial charge in [-0.25, -0.2) is 0 Å². The highest BCUT2D eigenvalue weighted by atomic mass is 16.4. The van der Waals surface area contributed by atoms with Gasteiger partial charge in [-0.3, -0.25) is 4.79 Å². The summed E-state index contributed by atoms with van der Waals surface area (Å²) in [4.78, 5) is 13.1. The van der Waals surface area contributed by atoms with Gasteiger partial charge in [-0.05, 0) is 81.0 Å². The highest BCUT2D eigenvalue weighted by Gasteiger charge is 2.59. The largest absolute Gasteiger partial charge is 0.481 e. The van der Waals surface area contributed by atoms with E-state index in [9.17, 15) is 9.90 Å². The molecular formula is C34H62O2. The molecule has 0 bridgehead atoms. The molecule has 0 spiro atoms. The summed E-state index contributed by atoms with van der Waals surface area (Å²) in [5.41, 5.74) is 0.144. The highest BCUT2D eigenvalue weighted by molar-refractivity contribution is 5.76. The summed E-state index contributed by atoms with van der Waals surface area (Å²) >= 11 is 0. The van der Waals surface area contributed by atoms with E-state index in [2.05, 4.69) is 13.8 Å². The molecule has 36 heavy (non-hydrogen) atoms. The van der Waals surface area contributed by atoms with Crippen LogP contribution >= 0.6 is 0 Å². The van der Waals surface area contributed by atoms with E-state index in [0.717, 1.165) is 31.6 Å². The second-order valence-corrected chi connectivity index (χ2v) is 13.6. The fourth-order valence-electron chi connectivity index (χ4n) is 9.22. The van der Waals surface area contributed by atoms with Gasteiger partial charge in [0.05, 0.1) is 5.41 Å². The van der Waals surface area contributed by atoms with Gasteiger partial charge in [0, 0.05) is 0 Å². The summed E-state index contributed by atoms with van der Waals surface area (Å²) in [6.07, 6.45) is 35.2. The minimum Gasteiger partial charge on any atom is -0.481 e. The molecule has 2 nitrogen and oxygen atoms in total. The zero-order chi connectivity index (χ0) is 25.7. The second-order valence-electron chi connectivity index (χ2n) is 13.6. The van der Waals surface area contributed by atoms with Gasteiger partial charge in [-0.2, -0.15) is 0 Å². The zero-order valence-corrected chi connectivity index (χ0v) is 24.5. The van der Waals surface area contributed by atoms with Crippen molar-refractivity contribution in [3.63, 3.8) is 0 Å². The van der Waals surface area contributed by atoms with Crippen molar-refractivity contribution in [2.24, 2.45) is 22.2 Å². The van der Waals surface area contributed by atoms with Crippen molar-refractivity contribution in [1.29, 1.82) is 0 Å². The monoisotopic (exact) mass is 502 g/mol. The smallest absolute Gasteiger partial charge is 0.310 e. The number of rotatable bonds is 16. The Bertz CT molecular complexity index is 603. The van der Waals surface area contributed by atoms with Crippen molar-refractivity contribution in [3.05, 3.63) is 0 Å². The lowest BCUT2D eigenvalue weighted by atomic mass is 9.46. The third-order valence-corrected chi connectivity index (χ3v) is 11.6. The zero-order valence-electron chi connectivity index (χ0n) is 24.5. The normalized spacial score (nSPS) is 29.3. The molecule has 0 radical (unpaired) electrons. The fraction of sp³-hybridized carbons (Fsp3) is 0.971. The summed E-state index contributed by atoms with van der Waals surface area (Å²) in [5.74, 6) is 0.480. The summed E-state index contributed by atoms with van der Waals surface area (Å²) in [5, 5.41) is 10.8. The molecule has 0 aliphatic heterocycles. The van der Waals surface area contributed by atoms with Crippen molar-refractivity contribution in [1.82, 2.24) is 0 Å². The number of carboxylic acids is 1. The van der Waals surface area contributed by atoms with Crippen molar-refractivity contribution >= 4 is 5.97 Å². The lowest BCUT2D eigenvalue weighted by Crippen LogP contribution is -2.53. The molecule has 0 unspecified atom stereocenters. The van der Waals surface area contributed by atoms with Crippen LogP contribution in [0.1, 0.15) is 187 Å². The molecule has 3 aliphatic rings. The van der Waals surface area contributed by atoms with Gasteiger partial charge in [-0.1, -0.05) is 123 Å². The van der Waals surface area contributed by atoms with Crippen molar-refractivity contribution < 1.29 is 9.90 Å². The second kappa shape index (κ2) is 15.2. The minimum absolute atomic E-state index is 0.0603. The first-order chi connectivity index (χ1) is 17.5. The molecule has 210 valence electrons. The molecule has 3 aliphatic carbocycles. The van der Waals surface area contributed by atoms with Gasteiger partial charge in [0.1, 0.15) is 0 Å². The minimum atomic E-state index is -0.436. The van der Waals surface area contributed by atoms with E-state index in [-0.39, 0.29) is 5.41 Å². The molecule has 0 atom stereocenters. The van der Waals surface area contributed by atoms with E-state index >= 15 is 0 Å². The van der Waals surface area contributed by atoms with E-state index in [0.29, 0.717) is 5.41 Å². The van der Waals surface area contributed by atoms with E-state index in [1.54, 1.807) is 0 Å². The number of aliphatic carboxylic acids is 1. The first-order valence-corrected chi connectivity index (χ1v) is 16.8. The Labute approximate surface area is 225 Å². The molecule has 0 aromatic heterocycles. The maximum atomic E-state index is 13.1. The van der Waals surface area contributed by atoms with E-state index in [1.165, 1.54) is 148 Å². The van der Waals surface area contributed by atoms with Crippen molar-refractivity contribution in [2.45, 2.75) is 187 Å². The molecule has 3 rings (SSSR count). The Hall–Kier alpha value is -0.530. The Kier molecular flexibility index (Phi) is 12.6. The fourth-order valence-corrected chi connectivity index (χ4v) is 9.22. The van der Waals surface area contributed by atoms with Gasteiger partial charge in [0.25, 0.3) is 0 Å². The summed E-state index contributed by atoms with van der Waals surface area (Å²) < 4.78 is 0. The van der Waals surface area contributed by atoms with E-state index in [1.807, 2.05) is 0 Å². The van der Waals surface area contributed by atoms with Crippen molar-refractivity contribution in [3.8, 4) is 0 Å². The van der Waals surface area contributed by atoms with Gasteiger partial charge in [0.2, 0.25) is 0 Å².